The van der Waals surface area contributed by atoms with Gasteiger partial charge in [-0.25, -0.2) is 14.6 Å². The van der Waals surface area contributed by atoms with Crippen LogP contribution in [0.2, 0.25) is 0 Å². The smallest absolute Gasteiger partial charge is 0.158 e. The van der Waals surface area contributed by atoms with E-state index in [-0.39, 0.29) is 0 Å². The summed E-state index contributed by atoms with van der Waals surface area (Å²) in [4.78, 5) is 13.4. The minimum atomic E-state index is 0.588. The molecule has 3 aromatic heterocycles. The highest BCUT2D eigenvalue weighted by molar-refractivity contribution is 7.98. The van der Waals surface area contributed by atoms with Gasteiger partial charge in [0, 0.05) is 36.5 Å². The Morgan fingerprint density at radius 1 is 0.963 bits per heavy atom. The van der Waals surface area contributed by atoms with E-state index in [1.807, 2.05) is 42.6 Å². The second kappa shape index (κ2) is 8.46. The van der Waals surface area contributed by atoms with E-state index in [2.05, 4.69) is 37.5 Å². The molecule has 134 valence electrons. The SMILES string of the molecule is c1ccc(CSc2cncc(NCc3cccnc3-n3cccn3)n2)cc1. The molecule has 7 heteroatoms. The predicted molar refractivity (Wildman–Crippen MR) is 107 cm³/mol. The molecule has 0 fully saturated rings. The molecule has 0 saturated carbocycles. The van der Waals surface area contributed by atoms with Crippen molar-refractivity contribution in [2.75, 3.05) is 5.32 Å². The Kier molecular flexibility index (Phi) is 5.40. The van der Waals surface area contributed by atoms with Crippen molar-refractivity contribution in [3.8, 4) is 5.82 Å². The molecule has 0 saturated heterocycles. The molecule has 4 rings (SSSR count). The fourth-order valence-corrected chi connectivity index (χ4v) is 3.39. The van der Waals surface area contributed by atoms with Gasteiger partial charge in [0.05, 0.1) is 12.4 Å². The monoisotopic (exact) mass is 374 g/mol. The lowest BCUT2D eigenvalue weighted by Gasteiger charge is -2.10. The number of thioether (sulfide) groups is 1. The van der Waals surface area contributed by atoms with Crippen LogP contribution < -0.4 is 5.32 Å². The minimum absolute atomic E-state index is 0.588. The molecule has 0 atom stereocenters. The highest BCUT2D eigenvalue weighted by atomic mass is 32.2. The van der Waals surface area contributed by atoms with Gasteiger partial charge in [0.2, 0.25) is 0 Å². The van der Waals surface area contributed by atoms with Gasteiger partial charge in [-0.05, 0) is 17.7 Å². The van der Waals surface area contributed by atoms with E-state index in [1.54, 1.807) is 41.2 Å². The van der Waals surface area contributed by atoms with Gasteiger partial charge in [-0.2, -0.15) is 5.10 Å². The summed E-state index contributed by atoms with van der Waals surface area (Å²) in [6, 6.07) is 16.2. The predicted octanol–water partition coefficient (Wildman–Crippen LogP) is 3.96. The Morgan fingerprint density at radius 2 is 1.89 bits per heavy atom. The minimum Gasteiger partial charge on any atom is -0.365 e. The molecular formula is C20H18N6S. The molecule has 6 nitrogen and oxygen atoms in total. The zero-order valence-corrected chi connectivity index (χ0v) is 15.4. The summed E-state index contributed by atoms with van der Waals surface area (Å²) < 4.78 is 1.76. The van der Waals surface area contributed by atoms with E-state index in [0.717, 1.165) is 28.0 Å². The first-order chi connectivity index (χ1) is 13.4. The van der Waals surface area contributed by atoms with Crippen LogP contribution in [0.1, 0.15) is 11.1 Å². The Balaban J connectivity index is 1.42. The number of hydrogen-bond acceptors (Lipinski definition) is 6. The molecule has 0 aliphatic heterocycles. The number of pyridine rings is 1. The van der Waals surface area contributed by atoms with Crippen LogP contribution in [0, 0.1) is 0 Å². The second-order valence-electron chi connectivity index (χ2n) is 5.81. The van der Waals surface area contributed by atoms with Crippen molar-refractivity contribution in [1.82, 2.24) is 24.7 Å². The molecule has 0 bridgehead atoms. The number of anilines is 1. The lowest BCUT2D eigenvalue weighted by atomic mass is 10.2. The van der Waals surface area contributed by atoms with E-state index in [9.17, 15) is 0 Å². The third-order valence-electron chi connectivity index (χ3n) is 3.89. The molecule has 0 unspecified atom stereocenters. The van der Waals surface area contributed by atoms with Crippen molar-refractivity contribution in [1.29, 1.82) is 0 Å². The van der Waals surface area contributed by atoms with E-state index in [1.165, 1.54) is 5.56 Å². The summed E-state index contributed by atoms with van der Waals surface area (Å²) in [6.07, 6.45) is 8.91. The first-order valence-electron chi connectivity index (χ1n) is 8.55. The van der Waals surface area contributed by atoms with Crippen LogP contribution in [0.15, 0.2) is 84.5 Å². The Labute approximate surface area is 161 Å². The third-order valence-corrected chi connectivity index (χ3v) is 4.86. The van der Waals surface area contributed by atoms with Crippen molar-refractivity contribution in [2.45, 2.75) is 17.3 Å². The summed E-state index contributed by atoms with van der Waals surface area (Å²) in [7, 11) is 0. The van der Waals surface area contributed by atoms with Gasteiger partial charge < -0.3 is 5.32 Å². The number of hydrogen-bond donors (Lipinski definition) is 1. The number of benzene rings is 1. The average Bonchev–Trinajstić information content (AvgIpc) is 3.27. The van der Waals surface area contributed by atoms with Gasteiger partial charge in [-0.3, -0.25) is 4.98 Å². The van der Waals surface area contributed by atoms with E-state index < -0.39 is 0 Å². The summed E-state index contributed by atoms with van der Waals surface area (Å²) >= 11 is 1.67. The second-order valence-corrected chi connectivity index (χ2v) is 6.80. The van der Waals surface area contributed by atoms with Gasteiger partial charge in [0.15, 0.2) is 5.82 Å². The van der Waals surface area contributed by atoms with Crippen LogP contribution in [0.4, 0.5) is 5.82 Å². The highest BCUT2D eigenvalue weighted by Crippen LogP contribution is 2.21. The van der Waals surface area contributed by atoms with E-state index >= 15 is 0 Å². The van der Waals surface area contributed by atoms with Crippen molar-refractivity contribution in [2.24, 2.45) is 0 Å². The molecule has 1 aromatic carbocycles. The lowest BCUT2D eigenvalue weighted by Crippen LogP contribution is -2.08. The first-order valence-corrected chi connectivity index (χ1v) is 9.53. The van der Waals surface area contributed by atoms with Gasteiger partial charge in [-0.15, -0.1) is 11.8 Å². The Morgan fingerprint density at radius 3 is 2.74 bits per heavy atom. The quantitative estimate of drug-likeness (QED) is 0.494. The maximum atomic E-state index is 4.64. The van der Waals surface area contributed by atoms with Gasteiger partial charge >= 0.3 is 0 Å². The fraction of sp³-hybridized carbons (Fsp3) is 0.100. The van der Waals surface area contributed by atoms with Gasteiger partial charge in [0.1, 0.15) is 10.8 Å². The van der Waals surface area contributed by atoms with Gasteiger partial charge in [-0.1, -0.05) is 36.4 Å². The van der Waals surface area contributed by atoms with E-state index in [0.29, 0.717) is 6.54 Å². The molecule has 27 heavy (non-hydrogen) atoms. The number of aromatic nitrogens is 5. The van der Waals surface area contributed by atoms with Crippen LogP contribution in [-0.2, 0) is 12.3 Å². The van der Waals surface area contributed by atoms with Gasteiger partial charge in [0.25, 0.3) is 0 Å². The highest BCUT2D eigenvalue weighted by Gasteiger charge is 2.07. The number of rotatable bonds is 7. The van der Waals surface area contributed by atoms with Crippen LogP contribution in [0.5, 0.6) is 0 Å². The molecule has 0 aliphatic rings. The molecule has 0 amide bonds. The van der Waals surface area contributed by atoms with E-state index in [4.69, 9.17) is 0 Å². The normalized spacial score (nSPS) is 10.7. The average molecular weight is 374 g/mol. The molecular weight excluding hydrogens is 356 g/mol. The maximum absolute atomic E-state index is 4.64. The number of nitrogens with zero attached hydrogens (tertiary/aromatic N) is 5. The summed E-state index contributed by atoms with van der Waals surface area (Å²) in [6.45, 7) is 0.588. The van der Waals surface area contributed by atoms with Crippen molar-refractivity contribution < 1.29 is 0 Å². The van der Waals surface area contributed by atoms with Crippen LogP contribution in [0.3, 0.4) is 0 Å². The summed E-state index contributed by atoms with van der Waals surface area (Å²) in [5, 5.41) is 8.49. The zero-order valence-electron chi connectivity index (χ0n) is 14.6. The van der Waals surface area contributed by atoms with Crippen LogP contribution >= 0.6 is 11.8 Å². The largest absolute Gasteiger partial charge is 0.365 e. The molecule has 0 radical (unpaired) electrons. The molecule has 4 aromatic rings. The zero-order chi connectivity index (χ0) is 18.3. The Hall–Kier alpha value is -3.19. The topological polar surface area (TPSA) is 68.5 Å². The number of nitrogens with one attached hydrogen (secondary N) is 1. The van der Waals surface area contributed by atoms with Crippen molar-refractivity contribution >= 4 is 17.6 Å². The molecule has 0 aliphatic carbocycles. The van der Waals surface area contributed by atoms with Crippen molar-refractivity contribution in [3.05, 3.63) is 90.6 Å². The Bertz CT molecular complexity index is 988. The third kappa shape index (κ3) is 4.51. The summed E-state index contributed by atoms with van der Waals surface area (Å²) in [5.41, 5.74) is 2.30. The molecule has 3 heterocycles. The molecule has 0 spiro atoms. The summed E-state index contributed by atoms with van der Waals surface area (Å²) in [5.74, 6) is 2.41. The standard InChI is InChI=1S/C20H18N6S/c1-2-6-16(7-3-1)15-27-19-14-21-13-18(25-19)23-12-17-8-4-9-22-20(17)26-11-5-10-24-26/h1-11,13-14H,12,15H2,(H,23,25). The van der Waals surface area contributed by atoms with Crippen LogP contribution in [-0.4, -0.2) is 24.7 Å². The first kappa shape index (κ1) is 17.2. The van der Waals surface area contributed by atoms with Crippen molar-refractivity contribution in [3.63, 3.8) is 0 Å². The maximum Gasteiger partial charge on any atom is 0.158 e. The lowest BCUT2D eigenvalue weighted by molar-refractivity contribution is 0.828. The fourth-order valence-electron chi connectivity index (χ4n) is 2.59. The molecule has 1 N–H and O–H groups in total. The van der Waals surface area contributed by atoms with Crippen LogP contribution in [0.25, 0.3) is 5.82 Å².